The standard InChI is InChI=1S/C14H20BrNS/c1-17-8-2-7-16-14-9-12(10-14)11-3-5-13(15)6-4-11/h3-6,12,14,16H,2,7-10H2,1H3. The van der Waals surface area contributed by atoms with Crippen LogP contribution in [0.2, 0.25) is 0 Å². The van der Waals surface area contributed by atoms with E-state index in [0.717, 1.165) is 12.0 Å². The topological polar surface area (TPSA) is 12.0 Å². The molecule has 0 unspecified atom stereocenters. The SMILES string of the molecule is CSCCCNC1CC(c2ccc(Br)cc2)C1. The molecule has 1 aliphatic carbocycles. The molecule has 0 aromatic heterocycles. The Balaban J connectivity index is 1.66. The smallest absolute Gasteiger partial charge is 0.0175 e. The first kappa shape index (κ1) is 13.4. The van der Waals surface area contributed by atoms with Gasteiger partial charge in [-0.3, -0.25) is 0 Å². The van der Waals surface area contributed by atoms with E-state index in [1.165, 1.54) is 41.6 Å². The lowest BCUT2D eigenvalue weighted by Gasteiger charge is -2.36. The molecule has 94 valence electrons. The van der Waals surface area contributed by atoms with Crippen LogP contribution in [0.1, 0.15) is 30.7 Å². The molecular formula is C14H20BrNS. The van der Waals surface area contributed by atoms with E-state index in [0.29, 0.717) is 0 Å². The van der Waals surface area contributed by atoms with Crippen molar-refractivity contribution in [2.24, 2.45) is 0 Å². The van der Waals surface area contributed by atoms with Gasteiger partial charge in [-0.25, -0.2) is 0 Å². The number of benzene rings is 1. The van der Waals surface area contributed by atoms with Gasteiger partial charge in [0.05, 0.1) is 0 Å². The van der Waals surface area contributed by atoms with E-state index in [1.54, 1.807) is 0 Å². The molecule has 0 saturated heterocycles. The van der Waals surface area contributed by atoms with Crippen molar-refractivity contribution in [3.8, 4) is 0 Å². The van der Waals surface area contributed by atoms with Crippen molar-refractivity contribution < 1.29 is 0 Å². The Hall–Kier alpha value is 0.01000. The summed E-state index contributed by atoms with van der Waals surface area (Å²) in [7, 11) is 0. The molecule has 1 nitrogen and oxygen atoms in total. The zero-order chi connectivity index (χ0) is 12.1. The van der Waals surface area contributed by atoms with Crippen molar-refractivity contribution in [1.82, 2.24) is 5.32 Å². The zero-order valence-electron chi connectivity index (χ0n) is 10.3. The molecule has 3 heteroatoms. The number of nitrogens with one attached hydrogen (secondary N) is 1. The molecule has 1 N–H and O–H groups in total. The minimum atomic E-state index is 0.755. The molecule has 0 amide bonds. The maximum atomic E-state index is 3.64. The highest BCUT2D eigenvalue weighted by Gasteiger charge is 2.29. The Morgan fingerprint density at radius 2 is 2.00 bits per heavy atom. The van der Waals surface area contributed by atoms with Gasteiger partial charge in [-0.05, 0) is 61.4 Å². The molecule has 0 bridgehead atoms. The average Bonchev–Trinajstić information content (AvgIpc) is 2.28. The van der Waals surface area contributed by atoms with Gasteiger partial charge in [-0.2, -0.15) is 11.8 Å². The highest BCUT2D eigenvalue weighted by molar-refractivity contribution is 9.10. The summed E-state index contributed by atoms with van der Waals surface area (Å²) in [5.41, 5.74) is 1.50. The molecule has 0 radical (unpaired) electrons. The minimum Gasteiger partial charge on any atom is -0.314 e. The molecular weight excluding hydrogens is 294 g/mol. The zero-order valence-corrected chi connectivity index (χ0v) is 12.7. The van der Waals surface area contributed by atoms with E-state index in [-0.39, 0.29) is 0 Å². The van der Waals surface area contributed by atoms with Crippen molar-refractivity contribution in [2.75, 3.05) is 18.6 Å². The summed E-state index contributed by atoms with van der Waals surface area (Å²) < 4.78 is 1.17. The number of rotatable bonds is 6. The first-order valence-corrected chi connectivity index (χ1v) is 8.46. The molecule has 0 atom stereocenters. The monoisotopic (exact) mass is 313 g/mol. The Morgan fingerprint density at radius 1 is 1.29 bits per heavy atom. The predicted molar refractivity (Wildman–Crippen MR) is 80.9 cm³/mol. The predicted octanol–water partition coefficient (Wildman–Crippen LogP) is 4.04. The lowest BCUT2D eigenvalue weighted by molar-refractivity contribution is 0.292. The summed E-state index contributed by atoms with van der Waals surface area (Å²) in [4.78, 5) is 0. The second kappa shape index (κ2) is 6.81. The third-order valence-corrected chi connectivity index (χ3v) is 4.66. The highest BCUT2D eigenvalue weighted by atomic mass is 79.9. The van der Waals surface area contributed by atoms with Gasteiger partial charge in [0.2, 0.25) is 0 Å². The Labute approximate surface area is 117 Å². The fourth-order valence-electron chi connectivity index (χ4n) is 2.31. The molecule has 1 saturated carbocycles. The van der Waals surface area contributed by atoms with Crippen LogP contribution < -0.4 is 5.32 Å². The van der Waals surface area contributed by atoms with E-state index in [4.69, 9.17) is 0 Å². The molecule has 17 heavy (non-hydrogen) atoms. The Bertz CT molecular complexity index is 333. The van der Waals surface area contributed by atoms with Gasteiger partial charge < -0.3 is 5.32 Å². The lowest BCUT2D eigenvalue weighted by Crippen LogP contribution is -2.40. The third-order valence-electron chi connectivity index (χ3n) is 3.44. The van der Waals surface area contributed by atoms with Gasteiger partial charge >= 0.3 is 0 Å². The quantitative estimate of drug-likeness (QED) is 0.796. The van der Waals surface area contributed by atoms with Crippen molar-refractivity contribution in [2.45, 2.75) is 31.2 Å². The molecule has 0 heterocycles. The Kier molecular flexibility index (Phi) is 5.39. The fourth-order valence-corrected chi connectivity index (χ4v) is 3.01. The van der Waals surface area contributed by atoms with Crippen LogP contribution in [0.25, 0.3) is 0 Å². The van der Waals surface area contributed by atoms with Crippen LogP contribution in [0.15, 0.2) is 28.7 Å². The normalized spacial score (nSPS) is 23.4. The molecule has 1 aromatic carbocycles. The number of thioether (sulfide) groups is 1. The van der Waals surface area contributed by atoms with E-state index in [9.17, 15) is 0 Å². The van der Waals surface area contributed by atoms with E-state index < -0.39 is 0 Å². The van der Waals surface area contributed by atoms with Crippen molar-refractivity contribution >= 4 is 27.7 Å². The minimum absolute atomic E-state index is 0.755. The van der Waals surface area contributed by atoms with E-state index >= 15 is 0 Å². The lowest BCUT2D eigenvalue weighted by atomic mass is 9.76. The van der Waals surface area contributed by atoms with Crippen LogP contribution >= 0.6 is 27.7 Å². The van der Waals surface area contributed by atoms with Gasteiger partial charge in [-0.1, -0.05) is 28.1 Å². The Morgan fingerprint density at radius 3 is 2.65 bits per heavy atom. The van der Waals surface area contributed by atoms with Crippen LogP contribution in [0.3, 0.4) is 0 Å². The van der Waals surface area contributed by atoms with Gasteiger partial charge in [0.15, 0.2) is 0 Å². The van der Waals surface area contributed by atoms with Gasteiger partial charge in [0.25, 0.3) is 0 Å². The summed E-state index contributed by atoms with van der Waals surface area (Å²) in [6.45, 7) is 1.18. The maximum Gasteiger partial charge on any atom is 0.0175 e. The molecule has 0 aliphatic heterocycles. The van der Waals surface area contributed by atoms with Gasteiger partial charge in [0, 0.05) is 10.5 Å². The van der Waals surface area contributed by atoms with Crippen molar-refractivity contribution in [3.05, 3.63) is 34.3 Å². The van der Waals surface area contributed by atoms with Crippen LogP contribution in [0.5, 0.6) is 0 Å². The average molecular weight is 314 g/mol. The first-order chi connectivity index (χ1) is 8.29. The highest BCUT2D eigenvalue weighted by Crippen LogP contribution is 2.37. The molecule has 1 aromatic rings. The van der Waals surface area contributed by atoms with Crippen LogP contribution in [0.4, 0.5) is 0 Å². The second-order valence-corrected chi connectivity index (χ2v) is 6.62. The van der Waals surface area contributed by atoms with Crippen molar-refractivity contribution in [3.63, 3.8) is 0 Å². The van der Waals surface area contributed by atoms with E-state index in [1.807, 2.05) is 11.8 Å². The van der Waals surface area contributed by atoms with Crippen LogP contribution in [-0.4, -0.2) is 24.6 Å². The number of hydrogen-bond acceptors (Lipinski definition) is 2. The number of halogens is 1. The molecule has 1 fully saturated rings. The molecule has 1 aliphatic rings. The fraction of sp³-hybridized carbons (Fsp3) is 0.571. The van der Waals surface area contributed by atoms with Crippen LogP contribution in [-0.2, 0) is 0 Å². The number of hydrogen-bond donors (Lipinski definition) is 1. The summed E-state index contributed by atoms with van der Waals surface area (Å²) in [6, 6.07) is 9.55. The summed E-state index contributed by atoms with van der Waals surface area (Å²) in [5.74, 6) is 2.05. The van der Waals surface area contributed by atoms with Crippen LogP contribution in [0, 0.1) is 0 Å². The largest absolute Gasteiger partial charge is 0.314 e. The van der Waals surface area contributed by atoms with E-state index in [2.05, 4.69) is 51.8 Å². The van der Waals surface area contributed by atoms with Gasteiger partial charge in [-0.15, -0.1) is 0 Å². The summed E-state index contributed by atoms with van der Waals surface area (Å²) in [5, 5.41) is 3.64. The van der Waals surface area contributed by atoms with Gasteiger partial charge in [0.1, 0.15) is 0 Å². The summed E-state index contributed by atoms with van der Waals surface area (Å²) >= 11 is 5.41. The second-order valence-electron chi connectivity index (χ2n) is 4.72. The molecule has 0 spiro atoms. The summed E-state index contributed by atoms with van der Waals surface area (Å²) in [6.07, 6.45) is 6.08. The third kappa shape index (κ3) is 4.01. The molecule has 2 rings (SSSR count). The first-order valence-electron chi connectivity index (χ1n) is 6.27. The van der Waals surface area contributed by atoms with Crippen molar-refractivity contribution in [1.29, 1.82) is 0 Å². The maximum absolute atomic E-state index is 3.64.